The number of nitrogens with two attached hydrogens (primary N) is 2. The molecule has 4 aromatic rings. The molecule has 3 aromatic heterocycles. The lowest BCUT2D eigenvalue weighted by molar-refractivity contribution is 0.0711. The van der Waals surface area contributed by atoms with E-state index in [9.17, 15) is 19.6 Å². The van der Waals surface area contributed by atoms with Gasteiger partial charge in [-0.15, -0.1) is 11.3 Å². The number of aromatic nitrogens is 4. The first-order chi connectivity index (χ1) is 20.1. The minimum Gasteiger partial charge on any atom is -0.444 e. The Balaban J connectivity index is 1.46. The van der Waals surface area contributed by atoms with Gasteiger partial charge >= 0.3 is 6.09 Å². The molecule has 1 aliphatic rings. The Morgan fingerprint density at radius 1 is 1.26 bits per heavy atom. The number of anilines is 3. The number of alkyl carbamates (subject to hydrolysis) is 1. The topological polar surface area (TPSA) is 227 Å². The maximum absolute atomic E-state index is 13.3. The number of hydrogen-bond acceptors (Lipinski definition) is 13. The summed E-state index contributed by atoms with van der Waals surface area (Å²) in [5, 5.41) is 21.7. The van der Waals surface area contributed by atoms with Crippen molar-refractivity contribution in [1.82, 2.24) is 30.3 Å². The maximum Gasteiger partial charge on any atom is 0.407 e. The summed E-state index contributed by atoms with van der Waals surface area (Å²) >= 11 is 7.37. The summed E-state index contributed by atoms with van der Waals surface area (Å²) in [5.74, 6) is -0.535. The second kappa shape index (κ2) is 11.5. The number of hydroxylamine groups is 1. The van der Waals surface area contributed by atoms with E-state index in [0.29, 0.717) is 16.2 Å². The van der Waals surface area contributed by atoms with Gasteiger partial charge in [0.1, 0.15) is 29.4 Å². The molecule has 1 aliphatic heterocycles. The third-order valence-electron chi connectivity index (χ3n) is 6.64. The fourth-order valence-corrected chi connectivity index (χ4v) is 5.84. The summed E-state index contributed by atoms with van der Waals surface area (Å²) < 4.78 is 7.04. The van der Waals surface area contributed by atoms with Crippen LogP contribution in [-0.4, -0.2) is 49.4 Å². The van der Waals surface area contributed by atoms with Crippen molar-refractivity contribution in [2.75, 3.05) is 22.9 Å². The summed E-state index contributed by atoms with van der Waals surface area (Å²) in [5.41, 5.74) is 13.3. The van der Waals surface area contributed by atoms with Crippen LogP contribution in [0.15, 0.2) is 35.1 Å². The molecule has 0 saturated carbocycles. The van der Waals surface area contributed by atoms with Crippen molar-refractivity contribution in [3.05, 3.63) is 66.9 Å². The number of carbonyl (C=O) groups excluding carboxylic acids is 2. The lowest BCUT2D eigenvalue weighted by atomic mass is 10.1. The molecule has 2 amide bonds. The molecule has 1 fully saturated rings. The zero-order valence-electron chi connectivity index (χ0n) is 21.9. The highest BCUT2D eigenvalue weighted by Gasteiger charge is 2.40. The minimum atomic E-state index is -0.739. The van der Waals surface area contributed by atoms with E-state index in [1.54, 1.807) is 41.7 Å². The summed E-state index contributed by atoms with van der Waals surface area (Å²) in [6.07, 6.45) is -1.30. The number of nitrogens with zero attached hydrogens (tertiary/aromatic N) is 6. The highest BCUT2D eigenvalue weighted by molar-refractivity contribution is 7.14. The molecule has 0 unspecified atom stereocenters. The molecular weight excluding hydrogens is 588 g/mol. The van der Waals surface area contributed by atoms with Crippen molar-refractivity contribution in [3.8, 4) is 6.07 Å². The third kappa shape index (κ3) is 5.35. The standard InChI is InChI=1S/C25H23ClN10O5S/c1-35-21(31-15-4-2-3-14(26)18(15)23(35)38)16-7-11(10-36(16)20-13(8-27)19(28)32-24(29)33-20)41-25(39)30-9-12-5-6-17(42-12)22(37)34-40/h2-6,11,16,40H,7,9-10H2,1H3,(H,30,39)(H,34,37)(H4,28,29,32,33)/t11-,16+/m1/s1. The van der Waals surface area contributed by atoms with Crippen molar-refractivity contribution in [3.63, 3.8) is 0 Å². The molecule has 0 aliphatic carbocycles. The summed E-state index contributed by atoms with van der Waals surface area (Å²) in [4.78, 5) is 53.0. The Morgan fingerprint density at radius 3 is 2.79 bits per heavy atom. The summed E-state index contributed by atoms with van der Waals surface area (Å²) in [7, 11) is 1.55. The van der Waals surface area contributed by atoms with Gasteiger partial charge in [0, 0.05) is 18.3 Å². The van der Waals surface area contributed by atoms with Crippen LogP contribution in [0.1, 0.15) is 38.4 Å². The monoisotopic (exact) mass is 610 g/mol. The molecule has 7 N–H and O–H groups in total. The van der Waals surface area contributed by atoms with Gasteiger partial charge < -0.3 is 26.4 Å². The number of thiophene rings is 1. The molecule has 2 atom stereocenters. The summed E-state index contributed by atoms with van der Waals surface area (Å²) in [6, 6.07) is 9.38. The Morgan fingerprint density at radius 2 is 2.05 bits per heavy atom. The number of nitrogen functional groups attached to an aromatic ring is 2. The Bertz CT molecular complexity index is 1820. The van der Waals surface area contributed by atoms with Crippen LogP contribution in [0, 0.1) is 11.3 Å². The highest BCUT2D eigenvalue weighted by atomic mass is 35.5. The van der Waals surface area contributed by atoms with E-state index < -0.39 is 24.1 Å². The average molecular weight is 611 g/mol. The van der Waals surface area contributed by atoms with Crippen LogP contribution in [0.5, 0.6) is 0 Å². The van der Waals surface area contributed by atoms with Gasteiger partial charge in [-0.3, -0.25) is 19.4 Å². The molecule has 216 valence electrons. The van der Waals surface area contributed by atoms with Gasteiger partial charge in [0.05, 0.1) is 39.9 Å². The van der Waals surface area contributed by atoms with Crippen LogP contribution in [-0.2, 0) is 18.3 Å². The first-order valence-corrected chi connectivity index (χ1v) is 13.5. The number of ether oxygens (including phenoxy) is 1. The predicted molar refractivity (Wildman–Crippen MR) is 153 cm³/mol. The Labute approximate surface area is 246 Å². The first kappa shape index (κ1) is 28.5. The molecule has 42 heavy (non-hydrogen) atoms. The molecule has 15 nitrogen and oxygen atoms in total. The first-order valence-electron chi connectivity index (χ1n) is 12.3. The second-order valence-electron chi connectivity index (χ2n) is 9.24. The zero-order chi connectivity index (χ0) is 30.1. The van der Waals surface area contributed by atoms with Crippen molar-refractivity contribution in [2.24, 2.45) is 7.05 Å². The number of nitriles is 1. The Hall–Kier alpha value is -4.98. The van der Waals surface area contributed by atoms with E-state index in [1.165, 1.54) is 10.6 Å². The van der Waals surface area contributed by atoms with Gasteiger partial charge in [-0.1, -0.05) is 17.7 Å². The quantitative estimate of drug-likeness (QED) is 0.156. The third-order valence-corrected chi connectivity index (χ3v) is 8.04. The van der Waals surface area contributed by atoms with Crippen LogP contribution in [0.2, 0.25) is 5.02 Å². The highest BCUT2D eigenvalue weighted by Crippen LogP contribution is 2.38. The second-order valence-corrected chi connectivity index (χ2v) is 10.8. The molecule has 1 aromatic carbocycles. The normalized spacial score (nSPS) is 16.3. The number of amides is 2. The van der Waals surface area contributed by atoms with Gasteiger partial charge in [0.15, 0.2) is 5.82 Å². The van der Waals surface area contributed by atoms with Crippen LogP contribution >= 0.6 is 22.9 Å². The van der Waals surface area contributed by atoms with Crippen molar-refractivity contribution >= 4 is 63.4 Å². The number of rotatable bonds is 6. The van der Waals surface area contributed by atoms with E-state index in [1.807, 2.05) is 6.07 Å². The Kier molecular flexibility index (Phi) is 7.81. The van der Waals surface area contributed by atoms with Gasteiger partial charge in [-0.25, -0.2) is 15.3 Å². The minimum absolute atomic E-state index is 0.0337. The smallest absolute Gasteiger partial charge is 0.407 e. The van der Waals surface area contributed by atoms with Gasteiger partial charge in [0.25, 0.3) is 11.5 Å². The number of nitrogens with one attached hydrogen (secondary N) is 2. The predicted octanol–water partition coefficient (Wildman–Crippen LogP) is 1.84. The van der Waals surface area contributed by atoms with Gasteiger partial charge in [-0.05, 0) is 24.3 Å². The number of carbonyl (C=O) groups is 2. The van der Waals surface area contributed by atoms with E-state index in [4.69, 9.17) is 38.0 Å². The number of hydrogen-bond donors (Lipinski definition) is 5. The molecular formula is C25H23ClN10O5S. The van der Waals surface area contributed by atoms with E-state index >= 15 is 0 Å². The zero-order valence-corrected chi connectivity index (χ0v) is 23.4. The van der Waals surface area contributed by atoms with Crippen molar-refractivity contribution < 1.29 is 19.5 Å². The fraction of sp³-hybridized carbons (Fsp3) is 0.240. The van der Waals surface area contributed by atoms with Crippen LogP contribution < -0.4 is 32.7 Å². The van der Waals surface area contributed by atoms with Crippen LogP contribution in [0.4, 0.5) is 22.4 Å². The lowest BCUT2D eigenvalue weighted by Crippen LogP contribution is -2.33. The van der Waals surface area contributed by atoms with E-state index in [2.05, 4.69) is 15.3 Å². The van der Waals surface area contributed by atoms with Crippen LogP contribution in [0.25, 0.3) is 10.9 Å². The molecule has 4 heterocycles. The number of fused-ring (bicyclic) bond motifs is 1. The van der Waals surface area contributed by atoms with Gasteiger partial charge in [-0.2, -0.15) is 15.2 Å². The van der Waals surface area contributed by atoms with Crippen molar-refractivity contribution in [1.29, 1.82) is 5.26 Å². The molecule has 5 rings (SSSR count). The van der Waals surface area contributed by atoms with E-state index in [-0.39, 0.29) is 63.5 Å². The maximum atomic E-state index is 13.3. The fourth-order valence-electron chi connectivity index (χ4n) is 4.75. The average Bonchev–Trinajstić information content (AvgIpc) is 3.60. The molecule has 1 saturated heterocycles. The number of halogens is 1. The van der Waals surface area contributed by atoms with E-state index in [0.717, 1.165) is 11.3 Å². The molecule has 0 bridgehead atoms. The number of benzene rings is 1. The van der Waals surface area contributed by atoms with Crippen molar-refractivity contribution in [2.45, 2.75) is 25.1 Å². The van der Waals surface area contributed by atoms with Gasteiger partial charge in [0.2, 0.25) is 5.95 Å². The van der Waals surface area contributed by atoms with Crippen LogP contribution in [0.3, 0.4) is 0 Å². The molecule has 17 heteroatoms. The largest absolute Gasteiger partial charge is 0.444 e. The lowest BCUT2D eigenvalue weighted by Gasteiger charge is -2.27. The SMILES string of the molecule is Cn1c([C@@H]2C[C@@H](OC(=O)NCc3ccc(C(=O)NO)s3)CN2c2nc(N)nc(N)c2C#N)nc2cccc(Cl)c2c1=O. The summed E-state index contributed by atoms with van der Waals surface area (Å²) in [6.45, 7) is 0.132. The molecule has 0 spiro atoms. The molecule has 0 radical (unpaired) electrons.